The molecule has 0 saturated carbocycles. The van der Waals surface area contributed by atoms with Crippen LogP contribution in [0, 0.1) is 0 Å². The molecule has 4 rings (SSSR count). The first kappa shape index (κ1) is 19.5. The van der Waals surface area contributed by atoms with Crippen LogP contribution in [0.5, 0.6) is 11.5 Å². The number of nitrogens with one attached hydrogen (secondary N) is 1. The van der Waals surface area contributed by atoms with Crippen molar-refractivity contribution in [2.45, 2.75) is 0 Å². The van der Waals surface area contributed by atoms with Crippen molar-refractivity contribution in [3.05, 3.63) is 60.3 Å². The smallest absolute Gasteiger partial charge is 0.192 e. The van der Waals surface area contributed by atoms with Crippen molar-refractivity contribution in [2.75, 3.05) is 53.0 Å². The Morgan fingerprint density at radius 1 is 0.966 bits per heavy atom. The van der Waals surface area contributed by atoms with Gasteiger partial charge in [-0.1, -0.05) is 18.2 Å². The molecule has 3 aromatic rings. The predicted molar refractivity (Wildman–Crippen MR) is 114 cm³/mol. The molecule has 29 heavy (non-hydrogen) atoms. The summed E-state index contributed by atoms with van der Waals surface area (Å²) in [6.45, 7) is 5.69. The number of H-pyrrole nitrogens is 1. The van der Waals surface area contributed by atoms with E-state index in [-0.39, 0.29) is 5.78 Å². The number of nitrogens with zero attached hydrogens (tertiary/aromatic N) is 2. The van der Waals surface area contributed by atoms with E-state index in [4.69, 9.17) is 9.47 Å². The lowest BCUT2D eigenvalue weighted by Gasteiger charge is -2.34. The van der Waals surface area contributed by atoms with Crippen molar-refractivity contribution >= 4 is 16.7 Å². The Kier molecular flexibility index (Phi) is 6.12. The lowest BCUT2D eigenvalue weighted by molar-refractivity contribution is 0.0827. The number of hydrogen-bond acceptors (Lipinski definition) is 5. The van der Waals surface area contributed by atoms with Crippen molar-refractivity contribution in [2.24, 2.45) is 0 Å². The molecule has 0 amide bonds. The Balaban J connectivity index is 1.19. The largest absolute Gasteiger partial charge is 0.497 e. The highest BCUT2D eigenvalue weighted by Crippen LogP contribution is 2.17. The molecule has 152 valence electrons. The van der Waals surface area contributed by atoms with E-state index in [1.165, 1.54) is 0 Å². The second-order valence-electron chi connectivity index (χ2n) is 7.34. The topological polar surface area (TPSA) is 57.8 Å². The fourth-order valence-electron chi connectivity index (χ4n) is 3.65. The molecular weight excluding hydrogens is 366 g/mol. The molecule has 0 spiro atoms. The van der Waals surface area contributed by atoms with Crippen LogP contribution in [-0.2, 0) is 0 Å². The van der Waals surface area contributed by atoms with E-state index < -0.39 is 0 Å². The maximum Gasteiger partial charge on any atom is 0.192 e. The number of para-hydroxylation sites is 1. The third-order valence-corrected chi connectivity index (χ3v) is 5.40. The highest BCUT2D eigenvalue weighted by atomic mass is 16.5. The van der Waals surface area contributed by atoms with E-state index in [2.05, 4.69) is 14.8 Å². The molecule has 1 aromatic heterocycles. The molecule has 1 fully saturated rings. The minimum absolute atomic E-state index is 0.150. The van der Waals surface area contributed by atoms with Gasteiger partial charge < -0.3 is 14.5 Å². The van der Waals surface area contributed by atoms with E-state index in [0.717, 1.165) is 55.1 Å². The molecule has 0 radical (unpaired) electrons. The maximum atomic E-state index is 12.6. The van der Waals surface area contributed by atoms with Crippen LogP contribution in [0.1, 0.15) is 10.5 Å². The quantitative estimate of drug-likeness (QED) is 0.596. The summed E-state index contributed by atoms with van der Waals surface area (Å²) in [6, 6.07) is 17.6. The molecule has 1 N–H and O–H groups in total. The predicted octanol–water partition coefficient (Wildman–Crippen LogP) is 3.06. The van der Waals surface area contributed by atoms with Gasteiger partial charge in [0.05, 0.1) is 19.3 Å². The van der Waals surface area contributed by atoms with Crippen molar-refractivity contribution in [3.63, 3.8) is 0 Å². The van der Waals surface area contributed by atoms with Gasteiger partial charge in [0.25, 0.3) is 0 Å². The molecule has 0 unspecified atom stereocenters. The summed E-state index contributed by atoms with van der Waals surface area (Å²) >= 11 is 0. The van der Waals surface area contributed by atoms with Crippen molar-refractivity contribution in [1.29, 1.82) is 0 Å². The average Bonchev–Trinajstić information content (AvgIpc) is 3.20. The van der Waals surface area contributed by atoms with E-state index in [1.807, 2.05) is 54.6 Å². The summed E-state index contributed by atoms with van der Waals surface area (Å²) in [5.74, 6) is 1.83. The van der Waals surface area contributed by atoms with Gasteiger partial charge in [0.15, 0.2) is 5.78 Å². The summed E-state index contributed by atoms with van der Waals surface area (Å²) in [6.07, 6.45) is 0. The number of ketones is 1. The van der Waals surface area contributed by atoms with E-state index in [9.17, 15) is 4.79 Å². The van der Waals surface area contributed by atoms with Gasteiger partial charge in [-0.3, -0.25) is 14.6 Å². The van der Waals surface area contributed by atoms with Gasteiger partial charge >= 0.3 is 0 Å². The fraction of sp³-hybridized carbons (Fsp3) is 0.348. The number of methoxy groups -OCH3 is 1. The highest BCUT2D eigenvalue weighted by Gasteiger charge is 2.20. The average molecular weight is 393 g/mol. The van der Waals surface area contributed by atoms with Crippen LogP contribution in [-0.4, -0.2) is 73.6 Å². The zero-order valence-electron chi connectivity index (χ0n) is 16.8. The van der Waals surface area contributed by atoms with E-state index in [0.29, 0.717) is 18.8 Å². The normalized spacial score (nSPS) is 15.5. The molecule has 1 saturated heterocycles. The molecule has 6 heteroatoms. The summed E-state index contributed by atoms with van der Waals surface area (Å²) in [5, 5.41) is 1.08. The summed E-state index contributed by atoms with van der Waals surface area (Å²) in [5.41, 5.74) is 1.71. The van der Waals surface area contributed by atoms with Gasteiger partial charge in [-0.2, -0.15) is 0 Å². The Bertz CT molecular complexity index is 910. The SMILES string of the molecule is COc1ccc(OCCN2CCN(CC(=O)c3cc4ccccc4[nH]3)CC2)cc1. The van der Waals surface area contributed by atoms with Crippen LogP contribution in [0.15, 0.2) is 54.6 Å². The van der Waals surface area contributed by atoms with Crippen LogP contribution in [0.3, 0.4) is 0 Å². The third kappa shape index (κ3) is 4.96. The summed E-state index contributed by atoms with van der Waals surface area (Å²) in [7, 11) is 1.66. The number of ether oxygens (including phenoxy) is 2. The van der Waals surface area contributed by atoms with Gasteiger partial charge in [0.2, 0.25) is 0 Å². The second-order valence-corrected chi connectivity index (χ2v) is 7.34. The van der Waals surface area contributed by atoms with Crippen molar-refractivity contribution in [1.82, 2.24) is 14.8 Å². The number of aromatic nitrogens is 1. The Hall–Kier alpha value is -2.83. The first-order valence-corrected chi connectivity index (χ1v) is 10.0. The summed E-state index contributed by atoms with van der Waals surface area (Å²) in [4.78, 5) is 20.5. The molecule has 2 aromatic carbocycles. The molecule has 1 aliphatic rings. The molecule has 0 atom stereocenters. The molecule has 0 bridgehead atoms. The monoisotopic (exact) mass is 393 g/mol. The first-order valence-electron chi connectivity index (χ1n) is 10.0. The van der Waals surface area contributed by atoms with Crippen LogP contribution in [0.25, 0.3) is 10.9 Å². The summed E-state index contributed by atoms with van der Waals surface area (Å²) < 4.78 is 11.0. The second kappa shape index (κ2) is 9.11. The molecule has 6 nitrogen and oxygen atoms in total. The van der Waals surface area contributed by atoms with Gasteiger partial charge in [-0.25, -0.2) is 0 Å². The van der Waals surface area contributed by atoms with Crippen LogP contribution >= 0.6 is 0 Å². The fourth-order valence-corrected chi connectivity index (χ4v) is 3.65. The number of Topliss-reactive ketones (excluding diaryl/α,β-unsaturated/α-hetero) is 1. The number of carbonyl (C=O) groups excluding carboxylic acids is 1. The number of benzene rings is 2. The Morgan fingerprint density at radius 2 is 1.66 bits per heavy atom. The minimum atomic E-state index is 0.150. The lowest BCUT2D eigenvalue weighted by atomic mass is 10.2. The van der Waals surface area contributed by atoms with Gasteiger partial charge in [0.1, 0.15) is 18.1 Å². The van der Waals surface area contributed by atoms with Crippen molar-refractivity contribution in [3.8, 4) is 11.5 Å². The highest BCUT2D eigenvalue weighted by molar-refractivity contribution is 6.00. The molecule has 2 heterocycles. The number of aromatic amines is 1. The third-order valence-electron chi connectivity index (χ3n) is 5.40. The maximum absolute atomic E-state index is 12.6. The Morgan fingerprint density at radius 3 is 2.38 bits per heavy atom. The number of piperazine rings is 1. The standard InChI is InChI=1S/C23H27N3O3/c1-28-19-6-8-20(9-7-19)29-15-14-25-10-12-26(13-11-25)17-23(27)22-16-18-4-2-3-5-21(18)24-22/h2-9,16,24H,10-15,17H2,1H3. The zero-order valence-corrected chi connectivity index (χ0v) is 16.8. The van der Waals surface area contributed by atoms with Gasteiger partial charge in [-0.05, 0) is 36.4 Å². The number of hydrogen-bond donors (Lipinski definition) is 1. The van der Waals surface area contributed by atoms with Gasteiger partial charge in [-0.15, -0.1) is 0 Å². The zero-order chi connectivity index (χ0) is 20.1. The number of carbonyl (C=O) groups is 1. The van der Waals surface area contributed by atoms with Gasteiger partial charge in [0, 0.05) is 43.6 Å². The number of fused-ring (bicyclic) bond motifs is 1. The first-order chi connectivity index (χ1) is 14.2. The number of rotatable bonds is 8. The van der Waals surface area contributed by atoms with Crippen LogP contribution < -0.4 is 9.47 Å². The molecular formula is C23H27N3O3. The van der Waals surface area contributed by atoms with Crippen LogP contribution in [0.4, 0.5) is 0 Å². The van der Waals surface area contributed by atoms with E-state index >= 15 is 0 Å². The minimum Gasteiger partial charge on any atom is -0.497 e. The molecule has 0 aliphatic carbocycles. The lowest BCUT2D eigenvalue weighted by Crippen LogP contribution is -2.48. The Labute approximate surface area is 171 Å². The van der Waals surface area contributed by atoms with E-state index in [1.54, 1.807) is 7.11 Å². The van der Waals surface area contributed by atoms with Crippen molar-refractivity contribution < 1.29 is 14.3 Å². The molecule has 1 aliphatic heterocycles. The van der Waals surface area contributed by atoms with Crippen LogP contribution in [0.2, 0.25) is 0 Å².